The SMILES string of the molecule is CN1CCO[C@](C)(C(=O)NCCCc2ccccc2)C1. The number of hydrogen-bond donors (Lipinski definition) is 1. The van der Waals surface area contributed by atoms with Crippen LogP contribution in [0.4, 0.5) is 0 Å². The largest absolute Gasteiger partial charge is 0.363 e. The molecule has 0 spiro atoms. The quantitative estimate of drug-likeness (QED) is 0.828. The van der Waals surface area contributed by atoms with Crippen molar-refractivity contribution < 1.29 is 9.53 Å². The number of rotatable bonds is 5. The second kappa shape index (κ2) is 6.86. The van der Waals surface area contributed by atoms with Gasteiger partial charge in [0.15, 0.2) is 5.60 Å². The summed E-state index contributed by atoms with van der Waals surface area (Å²) in [6.45, 7) is 4.71. The standard InChI is InChI=1S/C16H24N2O2/c1-16(13-18(2)11-12-20-16)15(19)17-10-6-9-14-7-4-3-5-8-14/h3-5,7-8H,6,9-13H2,1-2H3,(H,17,19)/t16-/m0/s1. The number of aryl methyl sites for hydroxylation is 1. The molecule has 0 unspecified atom stereocenters. The van der Waals surface area contributed by atoms with E-state index in [2.05, 4.69) is 22.3 Å². The van der Waals surface area contributed by atoms with Crippen LogP contribution in [0.15, 0.2) is 30.3 Å². The molecule has 1 aliphatic rings. The summed E-state index contributed by atoms with van der Waals surface area (Å²) in [5.41, 5.74) is 0.598. The van der Waals surface area contributed by atoms with Crippen molar-refractivity contribution in [1.82, 2.24) is 10.2 Å². The lowest BCUT2D eigenvalue weighted by Crippen LogP contribution is -2.57. The Labute approximate surface area is 121 Å². The number of likely N-dealkylation sites (N-methyl/N-ethyl adjacent to an activating group) is 1. The molecule has 0 aliphatic carbocycles. The number of hydrogen-bond acceptors (Lipinski definition) is 3. The molecule has 1 atom stereocenters. The van der Waals surface area contributed by atoms with E-state index in [1.807, 2.05) is 32.2 Å². The Bertz CT molecular complexity index is 435. The van der Waals surface area contributed by atoms with Crippen molar-refractivity contribution in [3.8, 4) is 0 Å². The first-order valence-corrected chi connectivity index (χ1v) is 7.25. The van der Waals surface area contributed by atoms with Gasteiger partial charge in [0.1, 0.15) is 0 Å². The minimum Gasteiger partial charge on any atom is -0.363 e. The van der Waals surface area contributed by atoms with Crippen molar-refractivity contribution in [3.63, 3.8) is 0 Å². The van der Waals surface area contributed by atoms with Gasteiger partial charge in [-0.1, -0.05) is 30.3 Å². The summed E-state index contributed by atoms with van der Waals surface area (Å²) >= 11 is 0. The first-order valence-electron chi connectivity index (χ1n) is 7.25. The monoisotopic (exact) mass is 276 g/mol. The zero-order valence-electron chi connectivity index (χ0n) is 12.4. The Hall–Kier alpha value is -1.39. The van der Waals surface area contributed by atoms with Crippen LogP contribution < -0.4 is 5.32 Å². The molecule has 1 N–H and O–H groups in total. The van der Waals surface area contributed by atoms with E-state index in [9.17, 15) is 4.79 Å². The molecule has 1 fully saturated rings. The molecule has 0 bridgehead atoms. The molecule has 20 heavy (non-hydrogen) atoms. The molecule has 4 nitrogen and oxygen atoms in total. The maximum Gasteiger partial charge on any atom is 0.253 e. The smallest absolute Gasteiger partial charge is 0.253 e. The molecular formula is C16H24N2O2. The fraction of sp³-hybridized carbons (Fsp3) is 0.562. The number of nitrogens with zero attached hydrogens (tertiary/aromatic N) is 1. The molecule has 110 valence electrons. The maximum absolute atomic E-state index is 12.2. The Balaban J connectivity index is 1.72. The highest BCUT2D eigenvalue weighted by Gasteiger charge is 2.37. The zero-order valence-corrected chi connectivity index (χ0v) is 12.4. The topological polar surface area (TPSA) is 41.6 Å². The molecule has 4 heteroatoms. The predicted molar refractivity (Wildman–Crippen MR) is 79.6 cm³/mol. The van der Waals surface area contributed by atoms with E-state index in [4.69, 9.17) is 4.74 Å². The van der Waals surface area contributed by atoms with Crippen molar-refractivity contribution in [1.29, 1.82) is 0 Å². The van der Waals surface area contributed by atoms with Crippen molar-refractivity contribution in [3.05, 3.63) is 35.9 Å². The third-order valence-electron chi connectivity index (χ3n) is 3.72. The first kappa shape index (κ1) is 15.0. The van der Waals surface area contributed by atoms with Gasteiger partial charge in [-0.3, -0.25) is 4.79 Å². The molecular weight excluding hydrogens is 252 g/mol. The van der Waals surface area contributed by atoms with Crippen LogP contribution in [-0.4, -0.2) is 49.7 Å². The predicted octanol–water partition coefficient (Wildman–Crippen LogP) is 1.46. The lowest BCUT2D eigenvalue weighted by atomic mass is 10.0. The first-order chi connectivity index (χ1) is 9.60. The van der Waals surface area contributed by atoms with Crippen LogP contribution in [0.1, 0.15) is 18.9 Å². The van der Waals surface area contributed by atoms with Gasteiger partial charge in [-0.05, 0) is 32.4 Å². The number of nitrogens with one attached hydrogen (secondary N) is 1. The van der Waals surface area contributed by atoms with E-state index < -0.39 is 5.60 Å². The Kier molecular flexibility index (Phi) is 5.15. The molecule has 0 aromatic heterocycles. The lowest BCUT2D eigenvalue weighted by Gasteiger charge is -2.37. The molecule has 1 amide bonds. The number of ether oxygens (including phenoxy) is 1. The summed E-state index contributed by atoms with van der Waals surface area (Å²) in [7, 11) is 2.02. The van der Waals surface area contributed by atoms with Crippen LogP contribution in [0.3, 0.4) is 0 Å². The third kappa shape index (κ3) is 4.05. The van der Waals surface area contributed by atoms with Crippen LogP contribution in [0.25, 0.3) is 0 Å². The van der Waals surface area contributed by atoms with Gasteiger partial charge in [-0.25, -0.2) is 0 Å². The average Bonchev–Trinajstić information content (AvgIpc) is 2.44. The number of morpholine rings is 1. The molecule has 0 saturated carbocycles. The van der Waals surface area contributed by atoms with Crippen molar-refractivity contribution in [2.45, 2.75) is 25.4 Å². The molecule has 1 aromatic rings. The van der Waals surface area contributed by atoms with Gasteiger partial charge in [-0.15, -0.1) is 0 Å². The van der Waals surface area contributed by atoms with E-state index in [-0.39, 0.29) is 5.91 Å². The van der Waals surface area contributed by atoms with Crippen LogP contribution >= 0.6 is 0 Å². The average molecular weight is 276 g/mol. The Morgan fingerprint density at radius 1 is 1.40 bits per heavy atom. The minimum atomic E-state index is -0.709. The van der Waals surface area contributed by atoms with Crippen LogP contribution in [-0.2, 0) is 16.0 Å². The molecule has 1 heterocycles. The summed E-state index contributed by atoms with van der Waals surface area (Å²) in [5.74, 6) is -0.00267. The fourth-order valence-electron chi connectivity index (χ4n) is 2.53. The van der Waals surface area contributed by atoms with Gasteiger partial charge in [0, 0.05) is 19.6 Å². The van der Waals surface area contributed by atoms with E-state index in [0.717, 1.165) is 19.4 Å². The van der Waals surface area contributed by atoms with Crippen molar-refractivity contribution in [2.24, 2.45) is 0 Å². The molecule has 1 aliphatic heterocycles. The van der Waals surface area contributed by atoms with Gasteiger partial charge in [-0.2, -0.15) is 0 Å². The maximum atomic E-state index is 12.2. The summed E-state index contributed by atoms with van der Waals surface area (Å²) < 4.78 is 5.66. The number of carbonyl (C=O) groups is 1. The third-order valence-corrected chi connectivity index (χ3v) is 3.72. The normalized spacial score (nSPS) is 23.5. The lowest BCUT2D eigenvalue weighted by molar-refractivity contribution is -0.155. The van der Waals surface area contributed by atoms with Crippen LogP contribution in [0.2, 0.25) is 0 Å². The number of benzene rings is 1. The minimum absolute atomic E-state index is 0.00267. The fourth-order valence-corrected chi connectivity index (χ4v) is 2.53. The Morgan fingerprint density at radius 2 is 2.15 bits per heavy atom. The molecule has 2 rings (SSSR count). The van der Waals surface area contributed by atoms with E-state index in [1.54, 1.807) is 0 Å². The van der Waals surface area contributed by atoms with Gasteiger partial charge in [0.25, 0.3) is 5.91 Å². The highest BCUT2D eigenvalue weighted by molar-refractivity contribution is 5.85. The van der Waals surface area contributed by atoms with E-state index >= 15 is 0 Å². The summed E-state index contributed by atoms with van der Waals surface area (Å²) in [6.07, 6.45) is 1.93. The van der Waals surface area contributed by atoms with E-state index in [1.165, 1.54) is 5.56 Å². The van der Waals surface area contributed by atoms with Gasteiger partial charge in [0.2, 0.25) is 0 Å². The second-order valence-electron chi connectivity index (χ2n) is 5.66. The highest BCUT2D eigenvalue weighted by Crippen LogP contribution is 2.16. The molecule has 1 saturated heterocycles. The summed E-state index contributed by atoms with van der Waals surface area (Å²) in [6, 6.07) is 10.3. The van der Waals surface area contributed by atoms with Gasteiger partial charge >= 0.3 is 0 Å². The summed E-state index contributed by atoms with van der Waals surface area (Å²) in [4.78, 5) is 14.3. The van der Waals surface area contributed by atoms with Crippen LogP contribution in [0, 0.1) is 0 Å². The summed E-state index contributed by atoms with van der Waals surface area (Å²) in [5, 5.41) is 2.99. The Morgan fingerprint density at radius 3 is 2.85 bits per heavy atom. The second-order valence-corrected chi connectivity index (χ2v) is 5.66. The highest BCUT2D eigenvalue weighted by atomic mass is 16.5. The number of carbonyl (C=O) groups excluding carboxylic acids is 1. The van der Waals surface area contributed by atoms with Crippen molar-refractivity contribution >= 4 is 5.91 Å². The molecule has 1 aromatic carbocycles. The van der Waals surface area contributed by atoms with Gasteiger partial charge < -0.3 is 15.0 Å². The molecule has 0 radical (unpaired) electrons. The number of amides is 1. The van der Waals surface area contributed by atoms with Gasteiger partial charge in [0.05, 0.1) is 6.61 Å². The zero-order chi connectivity index (χ0) is 14.4. The van der Waals surface area contributed by atoms with Crippen molar-refractivity contribution in [2.75, 3.05) is 33.3 Å². The van der Waals surface area contributed by atoms with Crippen LogP contribution in [0.5, 0.6) is 0 Å². The van der Waals surface area contributed by atoms with E-state index in [0.29, 0.717) is 19.7 Å².